The normalized spacial score (nSPS) is 11.5. The van der Waals surface area contributed by atoms with Gasteiger partial charge in [0.1, 0.15) is 0 Å². The van der Waals surface area contributed by atoms with Crippen LogP contribution in [0.15, 0.2) is 36.4 Å². The van der Waals surface area contributed by atoms with Gasteiger partial charge in [-0.3, -0.25) is 4.79 Å². The molecule has 0 heterocycles. The first-order valence-electron chi connectivity index (χ1n) is 10.0. The van der Waals surface area contributed by atoms with E-state index in [4.69, 9.17) is 4.74 Å². The SMILES string of the molecule is CCCCCCCCC(=O)C=CC=Cc1ccc(OCCCC)c(O)c1. The number of unbranched alkanes of at least 4 members (excludes halogenated alkanes) is 6. The average Bonchev–Trinajstić information content (AvgIpc) is 2.63. The molecule has 1 rings (SSSR count). The third kappa shape index (κ3) is 10.1. The van der Waals surface area contributed by atoms with Crippen LogP contribution in [0.1, 0.15) is 77.2 Å². The first-order chi connectivity index (χ1) is 12.7. The molecule has 3 heteroatoms. The van der Waals surface area contributed by atoms with Gasteiger partial charge in [-0.25, -0.2) is 0 Å². The number of allylic oxidation sites excluding steroid dienone is 3. The number of carbonyl (C=O) groups is 1. The molecule has 26 heavy (non-hydrogen) atoms. The first-order valence-corrected chi connectivity index (χ1v) is 10.0. The van der Waals surface area contributed by atoms with E-state index in [9.17, 15) is 9.90 Å². The second kappa shape index (κ2) is 14.2. The molecule has 1 N–H and O–H groups in total. The predicted octanol–water partition coefficient (Wildman–Crippen LogP) is 6.46. The zero-order valence-corrected chi connectivity index (χ0v) is 16.4. The van der Waals surface area contributed by atoms with E-state index < -0.39 is 0 Å². The highest BCUT2D eigenvalue weighted by Gasteiger charge is 2.02. The lowest BCUT2D eigenvalue weighted by molar-refractivity contribution is -0.114. The molecular formula is C23H34O3. The second-order valence-electron chi connectivity index (χ2n) is 6.63. The Kier molecular flexibility index (Phi) is 12.0. The predicted molar refractivity (Wildman–Crippen MR) is 110 cm³/mol. The molecule has 0 aliphatic rings. The quantitative estimate of drug-likeness (QED) is 0.236. The van der Waals surface area contributed by atoms with Crippen molar-refractivity contribution in [2.24, 2.45) is 0 Å². The Morgan fingerprint density at radius 1 is 1.00 bits per heavy atom. The molecule has 0 fully saturated rings. The van der Waals surface area contributed by atoms with Crippen molar-refractivity contribution in [1.82, 2.24) is 0 Å². The van der Waals surface area contributed by atoms with Crippen molar-refractivity contribution in [3.05, 3.63) is 42.0 Å². The van der Waals surface area contributed by atoms with Crippen molar-refractivity contribution < 1.29 is 14.6 Å². The molecule has 0 saturated carbocycles. The maximum Gasteiger partial charge on any atom is 0.160 e. The van der Waals surface area contributed by atoms with Gasteiger partial charge in [0.2, 0.25) is 0 Å². The van der Waals surface area contributed by atoms with Crippen molar-refractivity contribution in [3.8, 4) is 11.5 Å². The van der Waals surface area contributed by atoms with Crippen LogP contribution in [0.5, 0.6) is 11.5 Å². The first kappa shape index (κ1) is 22.0. The van der Waals surface area contributed by atoms with Crippen molar-refractivity contribution in [2.75, 3.05) is 6.61 Å². The molecule has 0 radical (unpaired) electrons. The lowest BCUT2D eigenvalue weighted by Gasteiger charge is -2.07. The van der Waals surface area contributed by atoms with Gasteiger partial charge in [-0.15, -0.1) is 0 Å². The Balaban J connectivity index is 2.32. The van der Waals surface area contributed by atoms with Crippen LogP contribution in [-0.2, 0) is 4.79 Å². The smallest absolute Gasteiger partial charge is 0.160 e. The number of ketones is 1. The Morgan fingerprint density at radius 2 is 1.73 bits per heavy atom. The van der Waals surface area contributed by atoms with Gasteiger partial charge in [0, 0.05) is 6.42 Å². The van der Waals surface area contributed by atoms with Gasteiger partial charge >= 0.3 is 0 Å². The van der Waals surface area contributed by atoms with Gasteiger partial charge in [-0.05, 0) is 36.6 Å². The molecule has 0 amide bonds. The number of aromatic hydroxyl groups is 1. The number of hydrogen-bond acceptors (Lipinski definition) is 3. The lowest BCUT2D eigenvalue weighted by Crippen LogP contribution is -1.96. The molecule has 0 aliphatic carbocycles. The average molecular weight is 359 g/mol. The monoisotopic (exact) mass is 358 g/mol. The minimum Gasteiger partial charge on any atom is -0.504 e. The molecule has 0 unspecified atom stereocenters. The summed E-state index contributed by atoms with van der Waals surface area (Å²) in [5.74, 6) is 0.833. The van der Waals surface area contributed by atoms with E-state index in [1.807, 2.05) is 18.2 Å². The lowest BCUT2D eigenvalue weighted by atomic mass is 10.1. The number of carbonyl (C=O) groups excluding carboxylic acids is 1. The third-order valence-electron chi connectivity index (χ3n) is 4.20. The zero-order valence-electron chi connectivity index (χ0n) is 16.4. The summed E-state index contributed by atoms with van der Waals surface area (Å²) in [4.78, 5) is 11.8. The number of phenols is 1. The molecule has 144 valence electrons. The minimum absolute atomic E-state index is 0.145. The highest BCUT2D eigenvalue weighted by Crippen LogP contribution is 2.27. The van der Waals surface area contributed by atoms with Crippen LogP contribution in [0.3, 0.4) is 0 Å². The van der Waals surface area contributed by atoms with Gasteiger partial charge in [-0.2, -0.15) is 0 Å². The zero-order chi connectivity index (χ0) is 19.0. The number of phenolic OH excluding ortho intramolecular Hbond substituents is 1. The highest BCUT2D eigenvalue weighted by molar-refractivity contribution is 5.89. The standard InChI is InChI=1S/C23H34O3/c1-3-5-7-8-9-10-14-21(24)15-12-11-13-20-16-17-23(22(25)19-20)26-18-6-4-2/h11-13,15-17,19,25H,3-10,14,18H2,1-2H3. The molecule has 3 nitrogen and oxygen atoms in total. The Bertz CT molecular complexity index is 573. The molecule has 1 aromatic rings. The number of rotatable bonds is 14. The van der Waals surface area contributed by atoms with Crippen LogP contribution in [0.25, 0.3) is 6.08 Å². The van der Waals surface area contributed by atoms with Gasteiger partial charge in [0.15, 0.2) is 17.3 Å². The summed E-state index contributed by atoms with van der Waals surface area (Å²) in [5.41, 5.74) is 0.873. The fourth-order valence-electron chi connectivity index (χ4n) is 2.58. The molecule has 0 bridgehead atoms. The molecule has 0 saturated heterocycles. The third-order valence-corrected chi connectivity index (χ3v) is 4.20. The van der Waals surface area contributed by atoms with E-state index in [-0.39, 0.29) is 11.5 Å². The maximum atomic E-state index is 11.8. The second-order valence-corrected chi connectivity index (χ2v) is 6.63. The molecule has 0 atom stereocenters. The van der Waals surface area contributed by atoms with E-state index in [1.54, 1.807) is 24.3 Å². The summed E-state index contributed by atoms with van der Waals surface area (Å²) in [6.45, 7) is 4.92. The Labute approximate surface area is 158 Å². The molecular weight excluding hydrogens is 324 g/mol. The number of ether oxygens (including phenoxy) is 1. The van der Waals surface area contributed by atoms with E-state index in [2.05, 4.69) is 13.8 Å². The largest absolute Gasteiger partial charge is 0.504 e. The Morgan fingerprint density at radius 3 is 2.46 bits per heavy atom. The van der Waals surface area contributed by atoms with E-state index in [1.165, 1.54) is 25.7 Å². The number of benzene rings is 1. The van der Waals surface area contributed by atoms with Crippen LogP contribution in [0.2, 0.25) is 0 Å². The van der Waals surface area contributed by atoms with Crippen LogP contribution in [0, 0.1) is 0 Å². The van der Waals surface area contributed by atoms with Crippen molar-refractivity contribution >= 4 is 11.9 Å². The fraction of sp³-hybridized carbons (Fsp3) is 0.522. The van der Waals surface area contributed by atoms with Gasteiger partial charge in [-0.1, -0.05) is 76.7 Å². The van der Waals surface area contributed by atoms with Gasteiger partial charge in [0.25, 0.3) is 0 Å². The van der Waals surface area contributed by atoms with E-state index >= 15 is 0 Å². The molecule has 0 spiro atoms. The topological polar surface area (TPSA) is 46.5 Å². The van der Waals surface area contributed by atoms with Crippen LogP contribution in [-0.4, -0.2) is 17.5 Å². The van der Waals surface area contributed by atoms with Gasteiger partial charge in [0.05, 0.1) is 6.61 Å². The summed E-state index contributed by atoms with van der Waals surface area (Å²) < 4.78 is 5.52. The summed E-state index contributed by atoms with van der Waals surface area (Å²) in [6.07, 6.45) is 16.9. The van der Waals surface area contributed by atoms with E-state index in [0.29, 0.717) is 18.8 Å². The van der Waals surface area contributed by atoms with Gasteiger partial charge < -0.3 is 9.84 Å². The summed E-state index contributed by atoms with van der Waals surface area (Å²) in [7, 11) is 0. The number of hydrogen-bond donors (Lipinski definition) is 1. The van der Waals surface area contributed by atoms with Crippen molar-refractivity contribution in [2.45, 2.75) is 71.6 Å². The molecule has 1 aromatic carbocycles. The van der Waals surface area contributed by atoms with Crippen molar-refractivity contribution in [1.29, 1.82) is 0 Å². The summed E-state index contributed by atoms with van der Waals surface area (Å²) in [5, 5.41) is 9.98. The summed E-state index contributed by atoms with van der Waals surface area (Å²) in [6, 6.07) is 5.34. The van der Waals surface area contributed by atoms with Crippen LogP contribution < -0.4 is 4.74 Å². The maximum absolute atomic E-state index is 11.8. The summed E-state index contributed by atoms with van der Waals surface area (Å²) >= 11 is 0. The van der Waals surface area contributed by atoms with Crippen molar-refractivity contribution in [3.63, 3.8) is 0 Å². The fourth-order valence-corrected chi connectivity index (χ4v) is 2.58. The van der Waals surface area contributed by atoms with Crippen LogP contribution >= 0.6 is 0 Å². The minimum atomic E-state index is 0.145. The van der Waals surface area contributed by atoms with Crippen LogP contribution in [0.4, 0.5) is 0 Å². The highest BCUT2D eigenvalue weighted by atomic mass is 16.5. The van der Waals surface area contributed by atoms with E-state index in [0.717, 1.165) is 31.2 Å². The molecule has 0 aromatic heterocycles. The molecule has 0 aliphatic heterocycles. The Hall–Kier alpha value is -2.03.